The minimum atomic E-state index is -0.361. The van der Waals surface area contributed by atoms with Crippen molar-refractivity contribution in [2.24, 2.45) is 0 Å². The number of para-hydroxylation sites is 1. The maximum atomic E-state index is 13.1. The molecule has 7 nitrogen and oxygen atoms in total. The zero-order chi connectivity index (χ0) is 21.8. The lowest BCUT2D eigenvalue weighted by Crippen LogP contribution is -2.45. The molecule has 0 saturated carbocycles. The number of hydrogen-bond donors (Lipinski definition) is 1. The summed E-state index contributed by atoms with van der Waals surface area (Å²) >= 11 is 0. The summed E-state index contributed by atoms with van der Waals surface area (Å²) in [5, 5.41) is 16.6. The first-order chi connectivity index (χ1) is 15.1. The van der Waals surface area contributed by atoms with Crippen LogP contribution in [0.3, 0.4) is 0 Å². The van der Waals surface area contributed by atoms with Crippen molar-refractivity contribution in [2.45, 2.75) is 19.3 Å². The molecule has 0 spiro atoms. The summed E-state index contributed by atoms with van der Waals surface area (Å²) < 4.78 is 6.96. The lowest BCUT2D eigenvalue weighted by Gasteiger charge is -2.26. The molecule has 1 aromatic heterocycles. The quantitative estimate of drug-likeness (QED) is 0.646. The fourth-order valence-corrected chi connectivity index (χ4v) is 3.88. The van der Waals surface area contributed by atoms with Crippen molar-refractivity contribution in [3.63, 3.8) is 0 Å². The van der Waals surface area contributed by atoms with E-state index >= 15 is 0 Å². The van der Waals surface area contributed by atoms with E-state index in [1.54, 1.807) is 11.8 Å². The van der Waals surface area contributed by atoms with E-state index in [1.165, 1.54) is 6.42 Å². The van der Waals surface area contributed by atoms with Crippen LogP contribution in [-0.4, -0.2) is 48.7 Å². The molecule has 0 atom stereocenters. The first kappa shape index (κ1) is 20.7. The number of nitriles is 1. The van der Waals surface area contributed by atoms with Crippen LogP contribution in [0.15, 0.2) is 48.5 Å². The Morgan fingerprint density at radius 2 is 1.84 bits per heavy atom. The summed E-state index contributed by atoms with van der Waals surface area (Å²) in [5.74, 6) is 0.354. The van der Waals surface area contributed by atoms with Gasteiger partial charge in [0, 0.05) is 18.7 Å². The van der Waals surface area contributed by atoms with Gasteiger partial charge in [0.2, 0.25) is 0 Å². The number of carbonyl (C=O) groups excluding carboxylic acids is 1. The van der Waals surface area contributed by atoms with Crippen LogP contribution in [0, 0.1) is 11.3 Å². The first-order valence-electron chi connectivity index (χ1n) is 10.4. The van der Waals surface area contributed by atoms with Gasteiger partial charge in [-0.1, -0.05) is 30.1 Å². The van der Waals surface area contributed by atoms with Crippen molar-refractivity contribution in [1.29, 1.82) is 5.26 Å². The van der Waals surface area contributed by atoms with Gasteiger partial charge in [-0.15, -0.1) is 0 Å². The molecule has 0 radical (unpaired) electrons. The lowest BCUT2D eigenvalue weighted by atomic mass is 9.94. The second kappa shape index (κ2) is 9.06. The molecule has 156 valence electrons. The Kier molecular flexibility index (Phi) is 6.05. The largest absolute Gasteiger partial charge is 0.497 e. The summed E-state index contributed by atoms with van der Waals surface area (Å²) in [6, 6.07) is 17.4. The van der Waals surface area contributed by atoms with Crippen molar-refractivity contribution in [2.75, 3.05) is 20.2 Å². The van der Waals surface area contributed by atoms with Gasteiger partial charge in [0.1, 0.15) is 25.2 Å². The Morgan fingerprint density at radius 1 is 1.13 bits per heavy atom. The summed E-state index contributed by atoms with van der Waals surface area (Å²) in [7, 11) is 3.59. The van der Waals surface area contributed by atoms with Crippen molar-refractivity contribution >= 4 is 19.2 Å². The second-order valence-electron chi connectivity index (χ2n) is 7.60. The highest BCUT2D eigenvalue weighted by Gasteiger charge is 2.27. The number of methoxy groups -OCH3 is 1. The summed E-state index contributed by atoms with van der Waals surface area (Å²) in [6.07, 6.45) is 3.25. The van der Waals surface area contributed by atoms with Gasteiger partial charge in [-0.2, -0.15) is 10.4 Å². The highest BCUT2D eigenvalue weighted by Crippen LogP contribution is 2.30. The van der Waals surface area contributed by atoms with Crippen molar-refractivity contribution in [1.82, 2.24) is 20.2 Å². The topological polar surface area (TPSA) is 83.2 Å². The average molecular weight is 413 g/mol. The molecule has 2 aromatic carbocycles. The predicted octanol–water partition coefficient (Wildman–Crippen LogP) is 1.81. The lowest BCUT2D eigenvalue weighted by molar-refractivity contribution is 0.0744. The molecule has 0 bridgehead atoms. The van der Waals surface area contributed by atoms with Crippen molar-refractivity contribution < 1.29 is 9.53 Å². The van der Waals surface area contributed by atoms with E-state index in [-0.39, 0.29) is 17.2 Å². The summed E-state index contributed by atoms with van der Waals surface area (Å²) in [5.41, 5.74) is 6.50. The van der Waals surface area contributed by atoms with Gasteiger partial charge in [-0.05, 0) is 43.2 Å². The molecule has 0 aliphatic carbocycles. The molecular weight excluding hydrogens is 389 g/mol. The molecular formula is C23H24BN5O2. The van der Waals surface area contributed by atoms with E-state index in [4.69, 9.17) is 4.74 Å². The zero-order valence-corrected chi connectivity index (χ0v) is 17.8. The number of ether oxygens (including phenoxy) is 1. The molecule has 1 amide bonds. The van der Waals surface area contributed by atoms with Gasteiger partial charge in [0.05, 0.1) is 18.5 Å². The van der Waals surface area contributed by atoms with Crippen molar-refractivity contribution in [3.05, 3.63) is 59.8 Å². The Morgan fingerprint density at radius 3 is 2.48 bits per heavy atom. The number of rotatable bonds is 5. The minimum Gasteiger partial charge on any atom is -0.497 e. The van der Waals surface area contributed by atoms with E-state index < -0.39 is 0 Å². The highest BCUT2D eigenvalue weighted by molar-refractivity contribution is 6.34. The number of carbonyl (C=O) groups is 1. The number of hydrazine groups is 1. The molecule has 1 aliphatic rings. The summed E-state index contributed by atoms with van der Waals surface area (Å²) in [4.78, 5) is 13.1. The van der Waals surface area contributed by atoms with Crippen LogP contribution < -0.4 is 15.6 Å². The van der Waals surface area contributed by atoms with Crippen LogP contribution in [0.2, 0.25) is 0 Å². The molecule has 8 heteroatoms. The monoisotopic (exact) mass is 413 g/mol. The number of benzene rings is 2. The van der Waals surface area contributed by atoms with Crippen LogP contribution in [0.25, 0.3) is 16.9 Å². The number of hydrogen-bond acceptors (Lipinski definition) is 5. The normalized spacial score (nSPS) is 14.1. The maximum absolute atomic E-state index is 13.1. The van der Waals surface area contributed by atoms with Crippen LogP contribution >= 0.6 is 0 Å². The number of amides is 1. The van der Waals surface area contributed by atoms with Crippen LogP contribution in [-0.2, 0) is 0 Å². The number of nitrogens with zero attached hydrogens (tertiary/aromatic N) is 4. The summed E-state index contributed by atoms with van der Waals surface area (Å²) in [6.45, 7) is 1.61. The minimum absolute atomic E-state index is 0.127. The van der Waals surface area contributed by atoms with Gasteiger partial charge in [0.25, 0.3) is 5.91 Å². The second-order valence-corrected chi connectivity index (χ2v) is 7.60. The van der Waals surface area contributed by atoms with E-state index in [0.29, 0.717) is 11.4 Å². The number of nitrogens with one attached hydrogen (secondary N) is 1. The molecule has 0 unspecified atom stereocenters. The van der Waals surface area contributed by atoms with E-state index in [0.717, 1.165) is 42.6 Å². The Hall–Kier alpha value is -3.57. The third-order valence-electron chi connectivity index (χ3n) is 5.54. The molecule has 1 aliphatic heterocycles. The standard InChI is InChI=1S/C23H24BN5O2/c1-31-17-11-9-16(10-12-17)22-18(15-25)21(23(30)27-28-13-5-2-6-14-28)26-29(22)20-8-4-3-7-19(20)24/h3-4,7-12H,2,5-6,13-14,24H2,1H3,(H,27,30). The molecule has 2 heterocycles. The van der Waals surface area contributed by atoms with Crippen LogP contribution in [0.4, 0.5) is 0 Å². The maximum Gasteiger partial charge on any atom is 0.287 e. The highest BCUT2D eigenvalue weighted by atomic mass is 16.5. The third-order valence-corrected chi connectivity index (χ3v) is 5.54. The molecule has 1 fully saturated rings. The van der Waals surface area contributed by atoms with Crippen molar-refractivity contribution in [3.8, 4) is 28.8 Å². The zero-order valence-electron chi connectivity index (χ0n) is 17.8. The number of piperidine rings is 1. The smallest absolute Gasteiger partial charge is 0.287 e. The molecule has 3 aromatic rings. The van der Waals surface area contributed by atoms with Gasteiger partial charge in [0.15, 0.2) is 5.69 Å². The third kappa shape index (κ3) is 4.18. The van der Waals surface area contributed by atoms with Crippen LogP contribution in [0.1, 0.15) is 35.3 Å². The van der Waals surface area contributed by atoms with Gasteiger partial charge in [-0.25, -0.2) is 9.69 Å². The van der Waals surface area contributed by atoms with Gasteiger partial charge < -0.3 is 4.74 Å². The van der Waals surface area contributed by atoms with Gasteiger partial charge >= 0.3 is 0 Å². The predicted molar refractivity (Wildman–Crippen MR) is 121 cm³/mol. The Labute approximate surface area is 182 Å². The van der Waals surface area contributed by atoms with E-state index in [9.17, 15) is 10.1 Å². The Bertz CT molecular complexity index is 1130. The fourth-order valence-electron chi connectivity index (χ4n) is 3.88. The fraction of sp³-hybridized carbons (Fsp3) is 0.261. The SMILES string of the molecule is Bc1ccccc1-n1nc(C(=O)NN2CCCCC2)c(C#N)c1-c1ccc(OC)cc1. The van der Waals surface area contributed by atoms with Gasteiger partial charge in [-0.3, -0.25) is 10.2 Å². The first-order valence-corrected chi connectivity index (χ1v) is 10.4. The van der Waals surface area contributed by atoms with E-state index in [2.05, 4.69) is 16.6 Å². The molecule has 1 saturated heterocycles. The number of aromatic nitrogens is 2. The van der Waals surface area contributed by atoms with E-state index in [1.807, 2.05) is 61.4 Å². The Balaban J connectivity index is 1.83. The molecule has 31 heavy (non-hydrogen) atoms. The molecule has 4 rings (SSSR count). The molecule has 1 N–H and O–H groups in total. The van der Waals surface area contributed by atoms with Crippen LogP contribution in [0.5, 0.6) is 5.75 Å². The average Bonchev–Trinajstić information content (AvgIpc) is 3.19.